The van der Waals surface area contributed by atoms with Crippen LogP contribution in [-0.2, 0) is 4.74 Å². The van der Waals surface area contributed by atoms with Crippen molar-refractivity contribution in [1.82, 2.24) is 10.2 Å². The summed E-state index contributed by atoms with van der Waals surface area (Å²) in [6.07, 6.45) is 12.6. The van der Waals surface area contributed by atoms with Crippen LogP contribution in [0.15, 0.2) is 0 Å². The van der Waals surface area contributed by atoms with Crippen molar-refractivity contribution in [3.63, 3.8) is 0 Å². The van der Waals surface area contributed by atoms with Gasteiger partial charge in [0.25, 0.3) is 0 Å². The Hall–Kier alpha value is -0.120. The van der Waals surface area contributed by atoms with Gasteiger partial charge in [0, 0.05) is 26.2 Å². The van der Waals surface area contributed by atoms with Gasteiger partial charge < -0.3 is 10.1 Å². The van der Waals surface area contributed by atoms with E-state index in [4.69, 9.17) is 4.74 Å². The Balaban J connectivity index is 1.97. The van der Waals surface area contributed by atoms with Crippen LogP contribution in [0.4, 0.5) is 0 Å². The Bertz CT molecular complexity index is 211. The Morgan fingerprint density at radius 2 is 1.85 bits per heavy atom. The fourth-order valence-corrected chi connectivity index (χ4v) is 3.14. The maximum atomic E-state index is 5.08. The molecular weight excluding hydrogens is 248 g/mol. The van der Waals surface area contributed by atoms with Crippen LogP contribution in [0, 0.1) is 0 Å². The maximum absolute atomic E-state index is 5.08. The lowest BCUT2D eigenvalue weighted by atomic mass is 10.1. The molecule has 1 saturated heterocycles. The molecule has 0 amide bonds. The van der Waals surface area contributed by atoms with Crippen molar-refractivity contribution in [3.05, 3.63) is 0 Å². The van der Waals surface area contributed by atoms with Crippen LogP contribution in [0.3, 0.4) is 0 Å². The summed E-state index contributed by atoms with van der Waals surface area (Å²) in [6.45, 7) is 7.85. The minimum atomic E-state index is 0.770. The second-order valence-corrected chi connectivity index (χ2v) is 6.15. The summed E-state index contributed by atoms with van der Waals surface area (Å²) >= 11 is 0. The smallest absolute Gasteiger partial charge is 0.0587 e. The van der Waals surface area contributed by atoms with Gasteiger partial charge in [-0.05, 0) is 32.4 Å². The molecule has 0 aliphatic carbocycles. The third-order valence-corrected chi connectivity index (χ3v) is 4.41. The molecule has 1 rings (SSSR count). The molecule has 3 nitrogen and oxygen atoms in total. The summed E-state index contributed by atoms with van der Waals surface area (Å²) in [4.78, 5) is 2.70. The fraction of sp³-hybridized carbons (Fsp3) is 1.00. The number of methoxy groups -OCH3 is 1. The van der Waals surface area contributed by atoms with Crippen molar-refractivity contribution in [3.8, 4) is 0 Å². The zero-order chi connectivity index (χ0) is 14.5. The molecular formula is C17H36N2O. The highest BCUT2D eigenvalue weighted by Crippen LogP contribution is 2.17. The lowest BCUT2D eigenvalue weighted by Crippen LogP contribution is -2.39. The zero-order valence-electron chi connectivity index (χ0n) is 13.8. The van der Waals surface area contributed by atoms with Gasteiger partial charge in [0.1, 0.15) is 0 Å². The topological polar surface area (TPSA) is 24.5 Å². The molecule has 1 unspecified atom stereocenters. The number of ether oxygens (including phenoxy) is 1. The third-order valence-electron chi connectivity index (χ3n) is 4.41. The molecule has 0 saturated carbocycles. The summed E-state index contributed by atoms with van der Waals surface area (Å²) < 4.78 is 5.08. The lowest BCUT2D eigenvalue weighted by molar-refractivity contribution is 0.191. The van der Waals surface area contributed by atoms with Crippen molar-refractivity contribution >= 4 is 0 Å². The molecule has 20 heavy (non-hydrogen) atoms. The van der Waals surface area contributed by atoms with Crippen molar-refractivity contribution < 1.29 is 4.74 Å². The quantitative estimate of drug-likeness (QED) is 0.524. The molecule has 120 valence electrons. The van der Waals surface area contributed by atoms with Crippen LogP contribution in [0.25, 0.3) is 0 Å². The molecule has 0 aromatic heterocycles. The monoisotopic (exact) mass is 284 g/mol. The number of rotatable bonds is 13. The largest absolute Gasteiger partial charge is 0.383 e. The predicted octanol–water partition coefficient (Wildman–Crippen LogP) is 3.44. The van der Waals surface area contributed by atoms with Crippen LogP contribution < -0.4 is 5.32 Å². The molecule has 1 aliphatic rings. The normalized spacial score (nSPS) is 19.8. The van der Waals surface area contributed by atoms with Gasteiger partial charge in [-0.1, -0.05) is 45.4 Å². The van der Waals surface area contributed by atoms with Gasteiger partial charge >= 0.3 is 0 Å². The van der Waals surface area contributed by atoms with Gasteiger partial charge in [0.2, 0.25) is 0 Å². The van der Waals surface area contributed by atoms with Crippen LogP contribution in [0.5, 0.6) is 0 Å². The zero-order valence-corrected chi connectivity index (χ0v) is 13.8. The molecule has 1 aliphatic heterocycles. The molecule has 1 fully saturated rings. The molecule has 1 N–H and O–H groups in total. The first-order valence-corrected chi connectivity index (χ1v) is 8.82. The van der Waals surface area contributed by atoms with Crippen LogP contribution in [0.2, 0.25) is 0 Å². The number of hydrogen-bond donors (Lipinski definition) is 1. The summed E-state index contributed by atoms with van der Waals surface area (Å²) in [7, 11) is 1.77. The Morgan fingerprint density at radius 3 is 2.60 bits per heavy atom. The van der Waals surface area contributed by atoms with Gasteiger partial charge in [0.05, 0.1) is 6.61 Å². The number of nitrogens with zero attached hydrogens (tertiary/aromatic N) is 1. The summed E-state index contributed by atoms with van der Waals surface area (Å²) in [5.74, 6) is 0. The van der Waals surface area contributed by atoms with E-state index in [-0.39, 0.29) is 0 Å². The minimum Gasteiger partial charge on any atom is -0.383 e. The van der Waals surface area contributed by atoms with E-state index in [2.05, 4.69) is 17.1 Å². The maximum Gasteiger partial charge on any atom is 0.0587 e. The van der Waals surface area contributed by atoms with Crippen molar-refractivity contribution in [1.29, 1.82) is 0 Å². The van der Waals surface area contributed by atoms with Crippen molar-refractivity contribution in [2.24, 2.45) is 0 Å². The summed E-state index contributed by atoms with van der Waals surface area (Å²) in [5.41, 5.74) is 0. The van der Waals surface area contributed by atoms with Gasteiger partial charge in [-0.25, -0.2) is 0 Å². The second kappa shape index (κ2) is 12.6. The van der Waals surface area contributed by atoms with Crippen molar-refractivity contribution in [2.75, 3.05) is 39.9 Å². The first kappa shape index (κ1) is 17.9. The highest BCUT2D eigenvalue weighted by molar-refractivity contribution is 4.80. The lowest BCUT2D eigenvalue weighted by Gasteiger charge is -2.24. The average Bonchev–Trinajstić information content (AvgIpc) is 2.90. The fourth-order valence-electron chi connectivity index (χ4n) is 3.14. The molecule has 0 radical (unpaired) electrons. The Kier molecular flexibility index (Phi) is 11.3. The van der Waals surface area contributed by atoms with E-state index in [1.165, 1.54) is 70.9 Å². The number of hydrogen-bond acceptors (Lipinski definition) is 3. The van der Waals surface area contributed by atoms with Crippen LogP contribution >= 0.6 is 0 Å². The van der Waals surface area contributed by atoms with Crippen LogP contribution in [0.1, 0.15) is 64.7 Å². The number of unbranched alkanes of at least 4 members (excludes halogenated alkanes) is 6. The molecule has 1 heterocycles. The SMILES string of the molecule is CCCCCCCCCN1CCCC1CNCCOC. The molecule has 3 heteroatoms. The highest BCUT2D eigenvalue weighted by Gasteiger charge is 2.22. The highest BCUT2D eigenvalue weighted by atomic mass is 16.5. The standard InChI is InChI=1S/C17H36N2O/c1-3-4-5-6-7-8-9-13-19-14-10-11-17(19)16-18-12-15-20-2/h17-18H,3-16H2,1-2H3. The molecule has 1 atom stereocenters. The number of likely N-dealkylation sites (tertiary alicyclic amines) is 1. The first-order valence-electron chi connectivity index (χ1n) is 8.82. The van der Waals surface area contributed by atoms with E-state index in [0.717, 1.165) is 25.7 Å². The van der Waals surface area contributed by atoms with E-state index >= 15 is 0 Å². The van der Waals surface area contributed by atoms with E-state index in [1.807, 2.05) is 0 Å². The van der Waals surface area contributed by atoms with Gasteiger partial charge in [-0.2, -0.15) is 0 Å². The number of nitrogens with one attached hydrogen (secondary N) is 1. The first-order chi connectivity index (χ1) is 9.88. The van der Waals surface area contributed by atoms with Gasteiger partial charge in [0.15, 0.2) is 0 Å². The minimum absolute atomic E-state index is 0.770. The van der Waals surface area contributed by atoms with E-state index in [9.17, 15) is 0 Å². The predicted molar refractivity (Wildman–Crippen MR) is 87.3 cm³/mol. The second-order valence-electron chi connectivity index (χ2n) is 6.15. The Morgan fingerprint density at radius 1 is 1.10 bits per heavy atom. The third kappa shape index (κ3) is 8.23. The van der Waals surface area contributed by atoms with E-state index in [1.54, 1.807) is 7.11 Å². The van der Waals surface area contributed by atoms with Crippen LogP contribution in [-0.4, -0.2) is 50.8 Å². The summed E-state index contributed by atoms with van der Waals surface area (Å²) in [5, 5.41) is 3.52. The van der Waals surface area contributed by atoms with Crippen molar-refractivity contribution in [2.45, 2.75) is 70.8 Å². The van der Waals surface area contributed by atoms with E-state index < -0.39 is 0 Å². The van der Waals surface area contributed by atoms with Gasteiger partial charge in [-0.15, -0.1) is 0 Å². The summed E-state index contributed by atoms with van der Waals surface area (Å²) in [6, 6.07) is 0.770. The molecule has 0 spiro atoms. The average molecular weight is 284 g/mol. The Labute approximate surface area is 126 Å². The van der Waals surface area contributed by atoms with E-state index in [0.29, 0.717) is 0 Å². The molecule has 0 aromatic rings. The van der Waals surface area contributed by atoms with Gasteiger partial charge in [-0.3, -0.25) is 4.90 Å². The molecule has 0 aromatic carbocycles. The molecule has 0 bridgehead atoms.